The van der Waals surface area contributed by atoms with E-state index in [1.807, 2.05) is 10.9 Å². The molecule has 0 fully saturated rings. The number of halogens is 1. The molecule has 1 heterocycles. The SMILES string of the molecule is Cc1cc(C(Cc2ccn(C(C)C)n2)NN)ccc1Br. The number of benzene rings is 1. The van der Waals surface area contributed by atoms with Crippen molar-refractivity contribution < 1.29 is 0 Å². The number of rotatable bonds is 5. The first-order valence-corrected chi connectivity index (χ1v) is 7.56. The Morgan fingerprint density at radius 2 is 2.10 bits per heavy atom. The van der Waals surface area contributed by atoms with E-state index in [0.29, 0.717) is 6.04 Å². The lowest BCUT2D eigenvalue weighted by Gasteiger charge is -2.16. The predicted octanol–water partition coefficient (Wildman–Crippen LogP) is 3.28. The molecule has 3 N–H and O–H groups in total. The summed E-state index contributed by atoms with van der Waals surface area (Å²) < 4.78 is 3.08. The van der Waals surface area contributed by atoms with Gasteiger partial charge in [-0.25, -0.2) is 0 Å². The molecule has 0 saturated carbocycles. The Balaban J connectivity index is 2.17. The van der Waals surface area contributed by atoms with Gasteiger partial charge in [-0.05, 0) is 44.0 Å². The van der Waals surface area contributed by atoms with Gasteiger partial charge in [0.2, 0.25) is 0 Å². The molecule has 1 atom stereocenters. The smallest absolute Gasteiger partial charge is 0.0644 e. The molecule has 0 saturated heterocycles. The normalized spacial score (nSPS) is 12.9. The fourth-order valence-electron chi connectivity index (χ4n) is 2.14. The summed E-state index contributed by atoms with van der Waals surface area (Å²) in [6.07, 6.45) is 2.79. The van der Waals surface area contributed by atoms with Gasteiger partial charge in [-0.3, -0.25) is 16.0 Å². The summed E-state index contributed by atoms with van der Waals surface area (Å²) >= 11 is 3.52. The van der Waals surface area contributed by atoms with Crippen molar-refractivity contribution >= 4 is 15.9 Å². The van der Waals surface area contributed by atoms with Crippen LogP contribution >= 0.6 is 15.9 Å². The molecule has 1 aromatic carbocycles. The van der Waals surface area contributed by atoms with Gasteiger partial charge >= 0.3 is 0 Å². The number of hydrazine groups is 1. The topological polar surface area (TPSA) is 55.9 Å². The minimum absolute atomic E-state index is 0.0670. The Morgan fingerprint density at radius 3 is 2.65 bits per heavy atom. The highest BCUT2D eigenvalue weighted by Gasteiger charge is 2.13. The molecule has 0 radical (unpaired) electrons. The van der Waals surface area contributed by atoms with Gasteiger partial charge in [0, 0.05) is 23.1 Å². The quantitative estimate of drug-likeness (QED) is 0.650. The highest BCUT2D eigenvalue weighted by atomic mass is 79.9. The zero-order chi connectivity index (χ0) is 14.7. The van der Waals surface area contributed by atoms with Crippen LogP contribution in [0.5, 0.6) is 0 Å². The number of hydrogen-bond acceptors (Lipinski definition) is 3. The number of aromatic nitrogens is 2. The number of nitrogens with one attached hydrogen (secondary N) is 1. The minimum Gasteiger partial charge on any atom is -0.271 e. The average molecular weight is 337 g/mol. The summed E-state index contributed by atoms with van der Waals surface area (Å²) in [6, 6.07) is 8.78. The molecule has 0 aliphatic rings. The van der Waals surface area contributed by atoms with E-state index in [9.17, 15) is 0 Å². The van der Waals surface area contributed by atoms with Crippen molar-refractivity contribution in [2.75, 3.05) is 0 Å². The predicted molar refractivity (Wildman–Crippen MR) is 85.3 cm³/mol. The van der Waals surface area contributed by atoms with E-state index in [2.05, 4.69) is 71.5 Å². The fraction of sp³-hybridized carbons (Fsp3) is 0.400. The van der Waals surface area contributed by atoms with Gasteiger partial charge in [0.15, 0.2) is 0 Å². The molecule has 4 nitrogen and oxygen atoms in total. The molecule has 1 aromatic heterocycles. The molecular weight excluding hydrogens is 316 g/mol. The van der Waals surface area contributed by atoms with E-state index in [1.54, 1.807) is 0 Å². The van der Waals surface area contributed by atoms with E-state index in [4.69, 9.17) is 5.84 Å². The van der Waals surface area contributed by atoms with Crippen LogP contribution in [0, 0.1) is 6.92 Å². The Morgan fingerprint density at radius 1 is 1.35 bits per heavy atom. The zero-order valence-electron chi connectivity index (χ0n) is 12.1. The van der Waals surface area contributed by atoms with Gasteiger partial charge in [-0.2, -0.15) is 5.10 Å². The molecule has 0 amide bonds. The van der Waals surface area contributed by atoms with E-state index in [1.165, 1.54) is 11.1 Å². The van der Waals surface area contributed by atoms with Crippen LogP contribution in [0.25, 0.3) is 0 Å². The molecule has 5 heteroatoms. The van der Waals surface area contributed by atoms with Crippen molar-refractivity contribution in [3.63, 3.8) is 0 Å². The molecule has 0 spiro atoms. The molecular formula is C15H21BrN4. The van der Waals surface area contributed by atoms with E-state index in [0.717, 1.165) is 16.6 Å². The first-order valence-electron chi connectivity index (χ1n) is 6.77. The minimum atomic E-state index is 0.0670. The first kappa shape index (κ1) is 15.2. The number of nitrogens with two attached hydrogens (primary N) is 1. The van der Waals surface area contributed by atoms with Gasteiger partial charge < -0.3 is 0 Å². The standard InChI is InChI=1S/C15H21BrN4/c1-10(2)20-7-6-13(19-20)9-15(18-17)12-4-5-14(16)11(3)8-12/h4-8,10,15,18H,9,17H2,1-3H3. The second kappa shape index (κ2) is 6.52. The third kappa shape index (κ3) is 3.48. The van der Waals surface area contributed by atoms with Crippen molar-refractivity contribution in [3.05, 3.63) is 51.8 Å². The largest absolute Gasteiger partial charge is 0.271 e. The van der Waals surface area contributed by atoms with Crippen LogP contribution in [0.4, 0.5) is 0 Å². The third-order valence-electron chi connectivity index (χ3n) is 3.39. The van der Waals surface area contributed by atoms with Crippen molar-refractivity contribution in [3.8, 4) is 0 Å². The fourth-order valence-corrected chi connectivity index (χ4v) is 2.39. The Bertz CT molecular complexity index is 577. The summed E-state index contributed by atoms with van der Waals surface area (Å²) in [7, 11) is 0. The van der Waals surface area contributed by atoms with Crippen LogP contribution in [-0.4, -0.2) is 9.78 Å². The summed E-state index contributed by atoms with van der Waals surface area (Å²) in [5.41, 5.74) is 6.31. The van der Waals surface area contributed by atoms with Crippen LogP contribution < -0.4 is 11.3 Å². The lowest BCUT2D eigenvalue weighted by molar-refractivity contribution is 0.507. The highest BCUT2D eigenvalue weighted by Crippen LogP contribution is 2.23. The van der Waals surface area contributed by atoms with Crippen LogP contribution in [-0.2, 0) is 6.42 Å². The number of nitrogens with zero attached hydrogens (tertiary/aromatic N) is 2. The molecule has 108 valence electrons. The zero-order valence-corrected chi connectivity index (χ0v) is 13.7. The maximum Gasteiger partial charge on any atom is 0.0644 e. The first-order chi connectivity index (χ1) is 9.51. The van der Waals surface area contributed by atoms with E-state index in [-0.39, 0.29) is 6.04 Å². The lowest BCUT2D eigenvalue weighted by atomic mass is 10.0. The molecule has 0 aliphatic heterocycles. The Kier molecular flexibility index (Phi) is 4.96. The van der Waals surface area contributed by atoms with Gasteiger partial charge in [-0.15, -0.1) is 0 Å². The Labute approximate surface area is 128 Å². The molecule has 2 rings (SSSR count). The lowest BCUT2D eigenvalue weighted by Crippen LogP contribution is -2.29. The van der Waals surface area contributed by atoms with Crippen molar-refractivity contribution in [1.82, 2.24) is 15.2 Å². The van der Waals surface area contributed by atoms with Gasteiger partial charge in [0.1, 0.15) is 0 Å². The van der Waals surface area contributed by atoms with Crippen molar-refractivity contribution in [2.45, 2.75) is 39.3 Å². The van der Waals surface area contributed by atoms with E-state index >= 15 is 0 Å². The van der Waals surface area contributed by atoms with Gasteiger partial charge in [0.25, 0.3) is 0 Å². The van der Waals surface area contributed by atoms with Crippen molar-refractivity contribution in [1.29, 1.82) is 0 Å². The second-order valence-electron chi connectivity index (χ2n) is 5.31. The third-order valence-corrected chi connectivity index (χ3v) is 4.28. The van der Waals surface area contributed by atoms with Crippen molar-refractivity contribution in [2.24, 2.45) is 5.84 Å². The Hall–Kier alpha value is -1.17. The van der Waals surface area contributed by atoms with Crippen LogP contribution in [0.2, 0.25) is 0 Å². The second-order valence-corrected chi connectivity index (χ2v) is 6.17. The molecule has 2 aromatic rings. The molecule has 0 aliphatic carbocycles. The van der Waals surface area contributed by atoms with Crippen LogP contribution in [0.1, 0.15) is 42.8 Å². The van der Waals surface area contributed by atoms with Gasteiger partial charge in [-0.1, -0.05) is 28.1 Å². The average Bonchev–Trinajstić information content (AvgIpc) is 2.88. The summed E-state index contributed by atoms with van der Waals surface area (Å²) in [5.74, 6) is 5.71. The van der Waals surface area contributed by atoms with Crippen LogP contribution in [0.3, 0.4) is 0 Å². The monoisotopic (exact) mass is 336 g/mol. The maximum absolute atomic E-state index is 5.71. The summed E-state index contributed by atoms with van der Waals surface area (Å²) in [6.45, 7) is 6.32. The summed E-state index contributed by atoms with van der Waals surface area (Å²) in [4.78, 5) is 0. The number of hydrogen-bond donors (Lipinski definition) is 2. The van der Waals surface area contributed by atoms with E-state index < -0.39 is 0 Å². The molecule has 20 heavy (non-hydrogen) atoms. The number of aryl methyl sites for hydroxylation is 1. The molecule has 0 bridgehead atoms. The summed E-state index contributed by atoms with van der Waals surface area (Å²) in [5, 5.41) is 4.57. The van der Waals surface area contributed by atoms with Crippen LogP contribution in [0.15, 0.2) is 34.9 Å². The maximum atomic E-state index is 5.71. The molecule has 1 unspecified atom stereocenters. The van der Waals surface area contributed by atoms with Gasteiger partial charge in [0.05, 0.1) is 11.7 Å². The highest BCUT2D eigenvalue weighted by molar-refractivity contribution is 9.10.